The third-order valence-corrected chi connectivity index (χ3v) is 1.59. The molecule has 0 aliphatic carbocycles. The molecule has 0 heterocycles. The Morgan fingerprint density at radius 2 is 1.71 bits per heavy atom. The van der Waals surface area contributed by atoms with Crippen LogP contribution in [0.15, 0.2) is 30.8 Å². The average Bonchev–Trinajstić information content (AvgIpc) is 2.34. The van der Waals surface area contributed by atoms with Gasteiger partial charge in [-0.1, -0.05) is 71.5 Å². The van der Waals surface area contributed by atoms with Crippen LogP contribution in [0.1, 0.15) is 45.7 Å². The summed E-state index contributed by atoms with van der Waals surface area (Å²) in [6.07, 6.45) is 2.97. The second-order valence-corrected chi connectivity index (χ2v) is 2.30. The molecular formula is C14H24. The Balaban J connectivity index is 0. The van der Waals surface area contributed by atoms with Gasteiger partial charge in [-0.15, -0.1) is 0 Å². The highest BCUT2D eigenvalue weighted by Gasteiger charge is 1.87. The molecule has 0 nitrogen and oxygen atoms in total. The van der Waals surface area contributed by atoms with Crippen molar-refractivity contribution in [1.82, 2.24) is 0 Å². The normalized spacial score (nSPS) is 7.50. The molecule has 0 unspecified atom stereocenters. The minimum absolute atomic E-state index is 1.10. The largest absolute Gasteiger partial charge is 0.0985 e. The number of benzene rings is 1. The lowest BCUT2D eigenvalue weighted by atomic mass is 10.1. The summed E-state index contributed by atoms with van der Waals surface area (Å²) in [5.74, 6) is 0. The summed E-state index contributed by atoms with van der Waals surface area (Å²) in [5, 5.41) is 0. The first-order valence-electron chi connectivity index (χ1n) is 5.58. The third-order valence-electron chi connectivity index (χ3n) is 1.59. The van der Waals surface area contributed by atoms with E-state index in [9.17, 15) is 0 Å². The first-order valence-corrected chi connectivity index (χ1v) is 5.58. The van der Waals surface area contributed by atoms with E-state index in [1.165, 1.54) is 11.1 Å². The van der Waals surface area contributed by atoms with E-state index in [1.54, 1.807) is 0 Å². The molecule has 0 aliphatic heterocycles. The van der Waals surface area contributed by atoms with Crippen molar-refractivity contribution in [3.05, 3.63) is 42.0 Å². The number of rotatable bonds is 2. The molecule has 14 heavy (non-hydrogen) atoms. The Hall–Kier alpha value is -1.04. The Morgan fingerprint density at radius 3 is 2.14 bits per heavy atom. The van der Waals surface area contributed by atoms with Crippen molar-refractivity contribution in [2.24, 2.45) is 0 Å². The monoisotopic (exact) mass is 192 g/mol. The zero-order valence-electron chi connectivity index (χ0n) is 10.3. The van der Waals surface area contributed by atoms with Crippen molar-refractivity contribution in [3.63, 3.8) is 0 Å². The first kappa shape index (κ1) is 15.4. The smallest absolute Gasteiger partial charge is 0.0260 e. The van der Waals surface area contributed by atoms with Crippen LogP contribution < -0.4 is 0 Å². The first-order chi connectivity index (χ1) is 6.86. The molecular weight excluding hydrogens is 168 g/mol. The van der Waals surface area contributed by atoms with Crippen LogP contribution in [0.4, 0.5) is 0 Å². The van der Waals surface area contributed by atoms with Crippen LogP contribution in [0.3, 0.4) is 0 Å². The fraction of sp³-hybridized carbons (Fsp3) is 0.429. The van der Waals surface area contributed by atoms with Gasteiger partial charge < -0.3 is 0 Å². The predicted octanol–water partition coefficient (Wildman–Crippen LogP) is 4.94. The maximum absolute atomic E-state index is 3.71. The van der Waals surface area contributed by atoms with Crippen molar-refractivity contribution in [2.45, 2.75) is 41.0 Å². The van der Waals surface area contributed by atoms with Gasteiger partial charge in [0.15, 0.2) is 0 Å². The highest BCUT2D eigenvalue weighted by atomic mass is 13.9. The Bertz CT molecular complexity index is 223. The van der Waals surface area contributed by atoms with E-state index < -0.39 is 0 Å². The summed E-state index contributed by atoms with van der Waals surface area (Å²) in [7, 11) is 0. The second kappa shape index (κ2) is 12.0. The molecule has 0 saturated carbocycles. The molecule has 0 heteroatoms. The molecule has 80 valence electrons. The van der Waals surface area contributed by atoms with Crippen molar-refractivity contribution in [3.8, 4) is 0 Å². The van der Waals surface area contributed by atoms with E-state index in [1.807, 2.05) is 33.8 Å². The molecule has 1 rings (SSSR count). The van der Waals surface area contributed by atoms with E-state index in [0.29, 0.717) is 0 Å². The van der Waals surface area contributed by atoms with E-state index in [0.717, 1.165) is 6.42 Å². The van der Waals surface area contributed by atoms with Crippen molar-refractivity contribution in [2.75, 3.05) is 0 Å². The van der Waals surface area contributed by atoms with Gasteiger partial charge >= 0.3 is 0 Å². The topological polar surface area (TPSA) is 0 Å². The highest BCUT2D eigenvalue weighted by Crippen LogP contribution is 2.05. The van der Waals surface area contributed by atoms with Gasteiger partial charge in [-0.3, -0.25) is 0 Å². The minimum atomic E-state index is 1.10. The summed E-state index contributed by atoms with van der Waals surface area (Å²) in [6, 6.07) is 8.42. The van der Waals surface area contributed by atoms with Crippen LogP contribution in [0.2, 0.25) is 0 Å². The average molecular weight is 192 g/mol. The molecule has 0 radical (unpaired) electrons. The van der Waals surface area contributed by atoms with Crippen molar-refractivity contribution >= 4 is 6.08 Å². The molecule has 0 amide bonds. The van der Waals surface area contributed by atoms with Gasteiger partial charge in [-0.05, 0) is 17.5 Å². The Morgan fingerprint density at radius 1 is 1.14 bits per heavy atom. The number of hydrogen-bond acceptors (Lipinski definition) is 0. The zero-order valence-corrected chi connectivity index (χ0v) is 10.3. The molecule has 1 aromatic rings. The number of hydrogen-bond donors (Lipinski definition) is 0. The maximum Gasteiger partial charge on any atom is -0.0260 e. The molecule has 0 saturated heterocycles. The molecule has 0 atom stereocenters. The fourth-order valence-corrected chi connectivity index (χ4v) is 0.940. The fourth-order valence-electron chi connectivity index (χ4n) is 0.940. The van der Waals surface area contributed by atoms with E-state index in [4.69, 9.17) is 0 Å². The summed E-state index contributed by atoms with van der Waals surface area (Å²) in [4.78, 5) is 0. The predicted molar refractivity (Wildman–Crippen MR) is 68.6 cm³/mol. The molecule has 0 fully saturated rings. The molecule has 0 aliphatic rings. The van der Waals surface area contributed by atoms with Crippen LogP contribution in [-0.4, -0.2) is 0 Å². The van der Waals surface area contributed by atoms with Gasteiger partial charge in [0, 0.05) is 0 Å². The standard InChI is InChI=1S/C10H12.2C2H6/c1-3-9-6-5-7-10(4-2)8-9;2*1-2/h3,5-8H,1,4H2,2H3;2*1-2H3. The van der Waals surface area contributed by atoms with E-state index >= 15 is 0 Å². The van der Waals surface area contributed by atoms with Gasteiger partial charge in [0.05, 0.1) is 0 Å². The molecule has 1 aromatic carbocycles. The quantitative estimate of drug-likeness (QED) is 0.622. The van der Waals surface area contributed by atoms with Gasteiger partial charge in [-0.2, -0.15) is 0 Å². The molecule has 0 spiro atoms. The summed E-state index contributed by atoms with van der Waals surface area (Å²) >= 11 is 0. The summed E-state index contributed by atoms with van der Waals surface area (Å²) < 4.78 is 0. The van der Waals surface area contributed by atoms with Crippen LogP contribution in [0.5, 0.6) is 0 Å². The van der Waals surface area contributed by atoms with Gasteiger partial charge in [0.2, 0.25) is 0 Å². The lowest BCUT2D eigenvalue weighted by molar-refractivity contribution is 1.14. The summed E-state index contributed by atoms with van der Waals surface area (Å²) in [6.45, 7) is 13.9. The zero-order chi connectivity index (χ0) is 11.4. The lowest BCUT2D eigenvalue weighted by Crippen LogP contribution is -1.79. The molecule has 0 aromatic heterocycles. The summed E-state index contributed by atoms with van der Waals surface area (Å²) in [5.41, 5.74) is 2.58. The van der Waals surface area contributed by atoms with Gasteiger partial charge in [0.1, 0.15) is 0 Å². The van der Waals surface area contributed by atoms with Crippen LogP contribution in [0.25, 0.3) is 6.08 Å². The second-order valence-electron chi connectivity index (χ2n) is 2.30. The lowest BCUT2D eigenvalue weighted by Gasteiger charge is -1.96. The van der Waals surface area contributed by atoms with Crippen molar-refractivity contribution in [1.29, 1.82) is 0 Å². The van der Waals surface area contributed by atoms with Gasteiger partial charge in [0.25, 0.3) is 0 Å². The van der Waals surface area contributed by atoms with E-state index in [2.05, 4.69) is 37.8 Å². The van der Waals surface area contributed by atoms with Crippen LogP contribution >= 0.6 is 0 Å². The Kier molecular flexibility index (Phi) is 13.2. The highest BCUT2D eigenvalue weighted by molar-refractivity contribution is 5.47. The molecule has 0 N–H and O–H groups in total. The third kappa shape index (κ3) is 6.47. The maximum atomic E-state index is 3.71. The van der Waals surface area contributed by atoms with Crippen molar-refractivity contribution < 1.29 is 0 Å². The SMILES string of the molecule is C=Cc1cccc(CC)c1.CC.CC. The Labute approximate surface area is 89.7 Å². The minimum Gasteiger partial charge on any atom is -0.0985 e. The van der Waals surface area contributed by atoms with Crippen LogP contribution in [0, 0.1) is 0 Å². The van der Waals surface area contributed by atoms with Crippen LogP contribution in [-0.2, 0) is 6.42 Å². The van der Waals surface area contributed by atoms with E-state index in [-0.39, 0.29) is 0 Å². The molecule has 0 bridgehead atoms. The van der Waals surface area contributed by atoms with Gasteiger partial charge in [-0.25, -0.2) is 0 Å². The number of aryl methyl sites for hydroxylation is 1.